The molecule has 0 aromatic carbocycles. The van der Waals surface area contributed by atoms with E-state index in [2.05, 4.69) is 74.6 Å². The van der Waals surface area contributed by atoms with Gasteiger partial charge in [0.15, 0.2) is 0 Å². The number of carbonyl (C=O) groups is 2. The van der Waals surface area contributed by atoms with Crippen LogP contribution in [-0.4, -0.2) is 23.1 Å². The van der Waals surface area contributed by atoms with Gasteiger partial charge in [-0.1, -0.05) is 126 Å². The average molecular weight is 613 g/mol. The molecule has 0 rings (SSSR count). The molecule has 1 atom stereocenters. The van der Waals surface area contributed by atoms with Crippen LogP contribution in [0.3, 0.4) is 0 Å². The smallest absolute Gasteiger partial charge is 0.306 e. The summed E-state index contributed by atoms with van der Waals surface area (Å²) in [7, 11) is 0. The van der Waals surface area contributed by atoms with E-state index in [-0.39, 0.29) is 18.5 Å². The number of rotatable bonds is 32. The molecule has 0 bridgehead atoms. The number of ether oxygens (including phenoxy) is 1. The van der Waals surface area contributed by atoms with Gasteiger partial charge in [-0.05, 0) is 96.3 Å². The number of allylic oxidation sites excluding steroid dienone is 10. The number of unbranched alkanes of at least 4 members (excludes halogenated alkanes) is 13. The maximum Gasteiger partial charge on any atom is 0.306 e. The van der Waals surface area contributed by atoms with Crippen molar-refractivity contribution < 1.29 is 19.4 Å². The maximum absolute atomic E-state index is 12.6. The highest BCUT2D eigenvalue weighted by molar-refractivity contribution is 5.69. The summed E-state index contributed by atoms with van der Waals surface area (Å²) in [6, 6.07) is 0. The summed E-state index contributed by atoms with van der Waals surface area (Å²) >= 11 is 0. The number of aliphatic carboxylic acids is 1. The van der Waals surface area contributed by atoms with Crippen molar-refractivity contribution in [1.82, 2.24) is 0 Å². The summed E-state index contributed by atoms with van der Waals surface area (Å²) in [6.45, 7) is 4.39. The first kappa shape index (κ1) is 41.6. The monoisotopic (exact) mass is 613 g/mol. The van der Waals surface area contributed by atoms with Crippen LogP contribution in [0.15, 0.2) is 60.8 Å². The molecule has 0 aromatic heterocycles. The Morgan fingerprint density at radius 1 is 0.523 bits per heavy atom. The number of carboxylic acids is 1. The summed E-state index contributed by atoms with van der Waals surface area (Å²) in [5, 5.41) is 8.80. The summed E-state index contributed by atoms with van der Waals surface area (Å²) in [5.74, 6) is -0.744. The highest BCUT2D eigenvalue weighted by Crippen LogP contribution is 2.18. The van der Waals surface area contributed by atoms with Gasteiger partial charge in [0.05, 0.1) is 0 Å². The number of carboxylic acid groups (broad SMARTS) is 1. The standard InChI is InChI=1S/C40H68O4/c1-3-5-7-9-11-13-15-16-17-18-20-21-23-26-30-34-38(35-31-27-25-28-32-36-39(41)42)44-40(43)37-33-29-24-22-19-14-12-10-8-6-4-2/h5,7,10-13,16-17,20-21,38H,3-4,6,8-9,14-15,18-19,22-37H2,1-2H3,(H,41,42)/b7-5-,12-10-,13-11-,17-16-,21-20-. The van der Waals surface area contributed by atoms with E-state index in [0.717, 1.165) is 103 Å². The first-order chi connectivity index (χ1) is 21.6. The normalized spacial score (nSPS) is 13.0. The van der Waals surface area contributed by atoms with Crippen LogP contribution in [0.5, 0.6) is 0 Å². The molecule has 4 nitrogen and oxygen atoms in total. The Hall–Kier alpha value is -2.36. The van der Waals surface area contributed by atoms with E-state index >= 15 is 0 Å². The van der Waals surface area contributed by atoms with E-state index in [0.29, 0.717) is 6.42 Å². The van der Waals surface area contributed by atoms with E-state index < -0.39 is 5.97 Å². The van der Waals surface area contributed by atoms with E-state index in [1.165, 1.54) is 44.9 Å². The molecule has 0 heterocycles. The van der Waals surface area contributed by atoms with Crippen LogP contribution in [0.1, 0.15) is 174 Å². The van der Waals surface area contributed by atoms with Crippen LogP contribution >= 0.6 is 0 Å². The second-order valence-corrected chi connectivity index (χ2v) is 12.0. The highest BCUT2D eigenvalue weighted by Gasteiger charge is 2.14. The molecule has 4 heteroatoms. The Morgan fingerprint density at radius 3 is 1.55 bits per heavy atom. The SMILES string of the molecule is CC/C=C\C/C=C\C/C=C\C/C=C\CCCCC(CCCCCCCC(=O)O)OC(=O)CCCCCCC/C=C\CCCC. The van der Waals surface area contributed by atoms with Crippen LogP contribution in [0, 0.1) is 0 Å². The minimum absolute atomic E-state index is 0.0124. The Labute approximate surface area is 272 Å². The van der Waals surface area contributed by atoms with Gasteiger partial charge in [0, 0.05) is 12.8 Å². The van der Waals surface area contributed by atoms with Crippen LogP contribution in [0.4, 0.5) is 0 Å². The summed E-state index contributed by atoms with van der Waals surface area (Å²) in [6.07, 6.45) is 48.0. The molecule has 252 valence electrons. The third kappa shape index (κ3) is 34.1. The van der Waals surface area contributed by atoms with E-state index in [9.17, 15) is 9.59 Å². The zero-order valence-electron chi connectivity index (χ0n) is 28.7. The van der Waals surface area contributed by atoms with E-state index in [4.69, 9.17) is 9.84 Å². The van der Waals surface area contributed by atoms with Crippen molar-refractivity contribution in [3.63, 3.8) is 0 Å². The molecule has 0 saturated carbocycles. The predicted octanol–water partition coefficient (Wildman–Crippen LogP) is 12.6. The van der Waals surface area contributed by atoms with Crippen molar-refractivity contribution in [2.24, 2.45) is 0 Å². The second kappa shape index (κ2) is 35.1. The van der Waals surface area contributed by atoms with Gasteiger partial charge in [0.1, 0.15) is 6.10 Å². The molecule has 0 saturated heterocycles. The molecule has 0 spiro atoms. The summed E-state index contributed by atoms with van der Waals surface area (Å²) < 4.78 is 5.96. The third-order valence-electron chi connectivity index (χ3n) is 7.72. The number of hydrogen-bond donors (Lipinski definition) is 1. The Morgan fingerprint density at radius 2 is 0.955 bits per heavy atom. The average Bonchev–Trinajstić information content (AvgIpc) is 3.00. The molecule has 1 unspecified atom stereocenters. The van der Waals surface area contributed by atoms with Crippen molar-refractivity contribution in [2.45, 2.75) is 180 Å². The van der Waals surface area contributed by atoms with Crippen LogP contribution in [0.2, 0.25) is 0 Å². The lowest BCUT2D eigenvalue weighted by molar-refractivity contribution is -0.150. The van der Waals surface area contributed by atoms with Crippen LogP contribution in [0.25, 0.3) is 0 Å². The first-order valence-electron chi connectivity index (χ1n) is 18.3. The van der Waals surface area contributed by atoms with Crippen LogP contribution < -0.4 is 0 Å². The fourth-order valence-corrected chi connectivity index (χ4v) is 5.04. The molecule has 0 fully saturated rings. The zero-order chi connectivity index (χ0) is 32.2. The summed E-state index contributed by atoms with van der Waals surface area (Å²) in [4.78, 5) is 23.3. The van der Waals surface area contributed by atoms with E-state index in [1.54, 1.807) is 0 Å². The number of esters is 1. The molecule has 1 N–H and O–H groups in total. The van der Waals surface area contributed by atoms with Gasteiger partial charge in [0.2, 0.25) is 0 Å². The number of hydrogen-bond acceptors (Lipinski definition) is 3. The van der Waals surface area contributed by atoms with Crippen molar-refractivity contribution in [2.75, 3.05) is 0 Å². The van der Waals surface area contributed by atoms with Crippen molar-refractivity contribution in [3.8, 4) is 0 Å². The fraction of sp³-hybridized carbons (Fsp3) is 0.700. The predicted molar refractivity (Wildman–Crippen MR) is 190 cm³/mol. The second-order valence-electron chi connectivity index (χ2n) is 12.0. The molecule has 0 aliphatic rings. The van der Waals surface area contributed by atoms with Crippen molar-refractivity contribution >= 4 is 11.9 Å². The molecule has 0 radical (unpaired) electrons. The molecule has 0 aliphatic carbocycles. The van der Waals surface area contributed by atoms with Gasteiger partial charge >= 0.3 is 11.9 Å². The number of carbonyl (C=O) groups excluding carboxylic acids is 1. The molecule has 0 aliphatic heterocycles. The fourth-order valence-electron chi connectivity index (χ4n) is 5.04. The minimum atomic E-state index is -0.711. The van der Waals surface area contributed by atoms with Gasteiger partial charge in [-0.25, -0.2) is 0 Å². The topological polar surface area (TPSA) is 63.6 Å². The van der Waals surface area contributed by atoms with Gasteiger partial charge < -0.3 is 9.84 Å². The molecule has 0 aromatic rings. The minimum Gasteiger partial charge on any atom is -0.481 e. The molecule has 0 amide bonds. The van der Waals surface area contributed by atoms with Gasteiger partial charge in [0.25, 0.3) is 0 Å². The quantitative estimate of drug-likeness (QED) is 0.0466. The maximum atomic E-state index is 12.6. The Balaban J connectivity index is 4.21. The zero-order valence-corrected chi connectivity index (χ0v) is 28.7. The van der Waals surface area contributed by atoms with Gasteiger partial charge in [-0.3, -0.25) is 9.59 Å². The van der Waals surface area contributed by atoms with Crippen molar-refractivity contribution in [1.29, 1.82) is 0 Å². The lowest BCUT2D eigenvalue weighted by Crippen LogP contribution is -2.18. The van der Waals surface area contributed by atoms with Crippen LogP contribution in [-0.2, 0) is 14.3 Å². The van der Waals surface area contributed by atoms with Gasteiger partial charge in [-0.2, -0.15) is 0 Å². The molecule has 44 heavy (non-hydrogen) atoms. The third-order valence-corrected chi connectivity index (χ3v) is 7.72. The van der Waals surface area contributed by atoms with E-state index in [1.807, 2.05) is 0 Å². The molecular weight excluding hydrogens is 544 g/mol. The lowest BCUT2D eigenvalue weighted by atomic mass is 10.0. The van der Waals surface area contributed by atoms with Crippen molar-refractivity contribution in [3.05, 3.63) is 60.8 Å². The first-order valence-corrected chi connectivity index (χ1v) is 18.3. The Bertz CT molecular complexity index is 789. The summed E-state index contributed by atoms with van der Waals surface area (Å²) in [5.41, 5.74) is 0. The molecular formula is C40H68O4. The largest absolute Gasteiger partial charge is 0.481 e. The Kier molecular flexibility index (Phi) is 33.2. The highest BCUT2D eigenvalue weighted by atomic mass is 16.5. The lowest BCUT2D eigenvalue weighted by Gasteiger charge is -2.18. The van der Waals surface area contributed by atoms with Gasteiger partial charge in [-0.15, -0.1) is 0 Å².